The van der Waals surface area contributed by atoms with E-state index in [2.05, 4.69) is 10.2 Å². The van der Waals surface area contributed by atoms with Gasteiger partial charge in [-0.2, -0.15) is 0 Å². The molecule has 29 heavy (non-hydrogen) atoms. The monoisotopic (exact) mass is 423 g/mol. The van der Waals surface area contributed by atoms with E-state index in [1.807, 2.05) is 36.1 Å². The lowest BCUT2D eigenvalue weighted by Gasteiger charge is -2.36. The van der Waals surface area contributed by atoms with Gasteiger partial charge >= 0.3 is 5.97 Å². The van der Waals surface area contributed by atoms with Crippen LogP contribution >= 0.6 is 11.6 Å². The molecule has 2 saturated heterocycles. The van der Waals surface area contributed by atoms with Gasteiger partial charge in [-0.1, -0.05) is 24.6 Å². The van der Waals surface area contributed by atoms with Crippen molar-refractivity contribution < 1.29 is 24.2 Å². The van der Waals surface area contributed by atoms with E-state index in [1.54, 1.807) is 0 Å². The topological polar surface area (TPSA) is 102 Å². The molecule has 2 aliphatic heterocycles. The van der Waals surface area contributed by atoms with Crippen molar-refractivity contribution in [1.29, 1.82) is 0 Å². The van der Waals surface area contributed by atoms with Gasteiger partial charge in [0.2, 0.25) is 5.91 Å². The maximum atomic E-state index is 12.6. The van der Waals surface area contributed by atoms with Crippen LogP contribution in [0.3, 0.4) is 0 Å². The van der Waals surface area contributed by atoms with Crippen LogP contribution in [0.2, 0.25) is 5.02 Å². The molecule has 8 nitrogen and oxygen atoms in total. The fourth-order valence-corrected chi connectivity index (χ4v) is 3.64. The molecule has 0 saturated carbocycles. The molecule has 0 bridgehead atoms. The number of amides is 2. The summed E-state index contributed by atoms with van der Waals surface area (Å²) in [5.74, 6) is -1.30. The van der Waals surface area contributed by atoms with Crippen LogP contribution in [0.25, 0.3) is 0 Å². The summed E-state index contributed by atoms with van der Waals surface area (Å²) in [4.78, 5) is 39.1. The summed E-state index contributed by atoms with van der Waals surface area (Å²) in [7, 11) is 0. The Kier molecular flexibility index (Phi) is 6.97. The number of carbonyl (C=O) groups excluding carboxylic acids is 2. The molecule has 158 valence electrons. The Morgan fingerprint density at radius 1 is 1.24 bits per heavy atom. The molecule has 2 N–H and O–H groups in total. The number of rotatable bonds is 8. The number of halogens is 1. The number of nitrogens with one attached hydrogen (secondary N) is 1. The Labute approximate surface area is 174 Å². The van der Waals surface area contributed by atoms with E-state index < -0.39 is 24.1 Å². The van der Waals surface area contributed by atoms with Crippen LogP contribution in [0.4, 0.5) is 5.69 Å². The third kappa shape index (κ3) is 5.83. The molecule has 2 aliphatic rings. The van der Waals surface area contributed by atoms with Crippen molar-refractivity contribution >= 4 is 35.1 Å². The molecule has 0 aromatic heterocycles. The lowest BCUT2D eigenvalue weighted by atomic mass is 10.0. The normalized spacial score (nSPS) is 22.1. The fraction of sp³-hybridized carbons (Fsp3) is 0.550. The van der Waals surface area contributed by atoms with E-state index in [4.69, 9.17) is 21.4 Å². The van der Waals surface area contributed by atoms with Crippen molar-refractivity contribution in [2.75, 3.05) is 37.6 Å². The first-order chi connectivity index (χ1) is 13.8. The van der Waals surface area contributed by atoms with Crippen LogP contribution in [0.15, 0.2) is 24.3 Å². The van der Waals surface area contributed by atoms with Gasteiger partial charge in [0, 0.05) is 49.9 Å². The van der Waals surface area contributed by atoms with Gasteiger partial charge in [0.05, 0.1) is 0 Å². The molecule has 2 amide bonds. The summed E-state index contributed by atoms with van der Waals surface area (Å²) in [5, 5.41) is 12.1. The maximum Gasteiger partial charge on any atom is 0.336 e. The zero-order valence-electron chi connectivity index (χ0n) is 16.3. The second kappa shape index (κ2) is 9.45. The van der Waals surface area contributed by atoms with Gasteiger partial charge in [-0.3, -0.25) is 9.59 Å². The van der Waals surface area contributed by atoms with Gasteiger partial charge < -0.3 is 25.0 Å². The zero-order valence-corrected chi connectivity index (χ0v) is 17.1. The largest absolute Gasteiger partial charge is 0.479 e. The van der Waals surface area contributed by atoms with Crippen molar-refractivity contribution in [2.45, 2.75) is 32.0 Å². The van der Waals surface area contributed by atoms with Gasteiger partial charge in [-0.15, -0.1) is 0 Å². The number of epoxide rings is 1. The minimum absolute atomic E-state index is 0.115. The Balaban J connectivity index is 1.34. The second-order valence-electron chi connectivity index (χ2n) is 7.55. The third-order valence-corrected chi connectivity index (χ3v) is 5.49. The summed E-state index contributed by atoms with van der Waals surface area (Å²) < 4.78 is 4.81. The molecule has 0 aliphatic carbocycles. The second-order valence-corrected chi connectivity index (χ2v) is 7.99. The summed E-state index contributed by atoms with van der Waals surface area (Å²) in [6.45, 7) is 5.24. The average Bonchev–Trinajstić information content (AvgIpc) is 3.49. The SMILES string of the molecule is C[C@@H](CCNC(=O)[C@H]1O[C@@H]1C(=O)O)CC(=O)N1CCN(c2cccc(Cl)c2)CC1. The van der Waals surface area contributed by atoms with E-state index in [0.717, 1.165) is 18.8 Å². The Bertz CT molecular complexity index is 766. The van der Waals surface area contributed by atoms with Crippen molar-refractivity contribution in [3.05, 3.63) is 29.3 Å². The molecule has 3 rings (SSSR count). The van der Waals surface area contributed by atoms with Gasteiger partial charge in [0.25, 0.3) is 5.91 Å². The van der Waals surface area contributed by atoms with Crippen molar-refractivity contribution in [2.24, 2.45) is 5.92 Å². The van der Waals surface area contributed by atoms with E-state index in [1.165, 1.54) is 0 Å². The number of carbonyl (C=O) groups is 3. The molecule has 9 heteroatoms. The lowest BCUT2D eigenvalue weighted by molar-refractivity contribution is -0.138. The minimum Gasteiger partial charge on any atom is -0.479 e. The van der Waals surface area contributed by atoms with Crippen LogP contribution in [-0.4, -0.2) is 72.7 Å². The number of aliphatic carboxylic acids is 1. The number of ether oxygens (including phenoxy) is 1. The molecule has 3 atom stereocenters. The number of benzene rings is 1. The van der Waals surface area contributed by atoms with E-state index in [0.29, 0.717) is 37.5 Å². The smallest absolute Gasteiger partial charge is 0.336 e. The van der Waals surface area contributed by atoms with Crippen LogP contribution in [0.1, 0.15) is 19.8 Å². The van der Waals surface area contributed by atoms with E-state index in [-0.39, 0.29) is 11.8 Å². The van der Waals surface area contributed by atoms with Crippen LogP contribution in [0, 0.1) is 5.92 Å². The van der Waals surface area contributed by atoms with Crippen LogP contribution in [-0.2, 0) is 19.1 Å². The number of carboxylic acids is 1. The number of nitrogens with zero attached hydrogens (tertiary/aromatic N) is 2. The molecule has 0 radical (unpaired) electrons. The summed E-state index contributed by atoms with van der Waals surface area (Å²) in [5.41, 5.74) is 1.07. The molecule has 0 unspecified atom stereocenters. The number of piperazine rings is 1. The first-order valence-electron chi connectivity index (χ1n) is 9.79. The van der Waals surface area contributed by atoms with Gasteiger partial charge in [0.15, 0.2) is 12.2 Å². The number of anilines is 1. The summed E-state index contributed by atoms with van der Waals surface area (Å²) >= 11 is 6.05. The first kappa shape index (κ1) is 21.4. The molecule has 1 aromatic rings. The minimum atomic E-state index is -1.13. The molecule has 2 heterocycles. The fourth-order valence-electron chi connectivity index (χ4n) is 3.46. The quantitative estimate of drug-likeness (QED) is 0.612. The number of hydrogen-bond acceptors (Lipinski definition) is 5. The highest BCUT2D eigenvalue weighted by Crippen LogP contribution is 2.23. The van der Waals surface area contributed by atoms with E-state index >= 15 is 0 Å². The molecular formula is C20H26ClN3O5. The summed E-state index contributed by atoms with van der Waals surface area (Å²) in [6, 6.07) is 7.72. The maximum absolute atomic E-state index is 12.6. The predicted octanol–water partition coefficient (Wildman–Crippen LogP) is 1.37. The van der Waals surface area contributed by atoms with Crippen LogP contribution < -0.4 is 10.2 Å². The molecule has 0 spiro atoms. The standard InChI is InChI=1S/C20H26ClN3O5/c1-13(5-6-22-19(26)17-18(29-17)20(27)28)11-16(25)24-9-7-23(8-10-24)15-4-2-3-14(21)12-15/h2-4,12-13,17-18H,5-11H2,1H3,(H,22,26)(H,27,28)/t13-,17-,18-/m0/s1. The van der Waals surface area contributed by atoms with Gasteiger partial charge in [0.1, 0.15) is 0 Å². The Morgan fingerprint density at radius 3 is 2.59 bits per heavy atom. The van der Waals surface area contributed by atoms with Crippen molar-refractivity contribution in [3.8, 4) is 0 Å². The molecule has 2 fully saturated rings. The van der Waals surface area contributed by atoms with Gasteiger partial charge in [-0.05, 0) is 30.5 Å². The van der Waals surface area contributed by atoms with Crippen LogP contribution in [0.5, 0.6) is 0 Å². The molecule has 1 aromatic carbocycles. The van der Waals surface area contributed by atoms with Crippen molar-refractivity contribution in [1.82, 2.24) is 10.2 Å². The lowest BCUT2D eigenvalue weighted by Crippen LogP contribution is -2.49. The predicted molar refractivity (Wildman–Crippen MR) is 108 cm³/mol. The first-order valence-corrected chi connectivity index (χ1v) is 10.2. The van der Waals surface area contributed by atoms with E-state index in [9.17, 15) is 14.4 Å². The Hall–Kier alpha value is -2.32. The Morgan fingerprint density at radius 2 is 1.97 bits per heavy atom. The third-order valence-electron chi connectivity index (χ3n) is 5.26. The average molecular weight is 424 g/mol. The summed E-state index contributed by atoms with van der Waals surface area (Å²) in [6.07, 6.45) is -0.852. The number of carboxylic acid groups (broad SMARTS) is 1. The van der Waals surface area contributed by atoms with Crippen molar-refractivity contribution in [3.63, 3.8) is 0 Å². The number of hydrogen-bond donors (Lipinski definition) is 2. The zero-order chi connectivity index (χ0) is 21.0. The van der Waals surface area contributed by atoms with Gasteiger partial charge in [-0.25, -0.2) is 4.79 Å². The highest BCUT2D eigenvalue weighted by molar-refractivity contribution is 6.30. The highest BCUT2D eigenvalue weighted by Gasteiger charge is 2.50. The molecular weight excluding hydrogens is 398 g/mol. The highest BCUT2D eigenvalue weighted by atomic mass is 35.5.